The second kappa shape index (κ2) is 6.31. The van der Waals surface area contributed by atoms with Gasteiger partial charge in [-0.15, -0.1) is 0 Å². The van der Waals surface area contributed by atoms with Gasteiger partial charge in [-0.2, -0.15) is 13.2 Å². The molecule has 0 spiro atoms. The average Bonchev–Trinajstić information content (AvgIpc) is 2.36. The molecule has 0 unspecified atom stereocenters. The molecule has 1 N–H and O–H groups in total. The number of alkyl halides is 3. The standard InChI is InChI=1S/C12H15F3N2O2/c1-17(11(18)16-8-12(13,14)15)7-9-3-5-10(19-2)6-4-9/h3-6H,7-8H2,1-2H3,(H,16,18). The van der Waals surface area contributed by atoms with Crippen LogP contribution in [-0.2, 0) is 6.54 Å². The van der Waals surface area contributed by atoms with Gasteiger partial charge in [-0.1, -0.05) is 12.1 Å². The maximum atomic E-state index is 11.9. The highest BCUT2D eigenvalue weighted by atomic mass is 19.4. The molecule has 0 bridgehead atoms. The van der Waals surface area contributed by atoms with Crippen molar-refractivity contribution in [1.29, 1.82) is 0 Å². The van der Waals surface area contributed by atoms with Crippen molar-refractivity contribution in [3.05, 3.63) is 29.8 Å². The number of carbonyl (C=O) groups excluding carboxylic acids is 1. The van der Waals surface area contributed by atoms with E-state index in [0.29, 0.717) is 5.75 Å². The maximum absolute atomic E-state index is 11.9. The molecule has 2 amide bonds. The third-order valence-corrected chi connectivity index (χ3v) is 2.37. The first-order valence-corrected chi connectivity index (χ1v) is 5.50. The SMILES string of the molecule is COc1ccc(CN(C)C(=O)NCC(F)(F)F)cc1. The summed E-state index contributed by atoms with van der Waals surface area (Å²) in [5.41, 5.74) is 0.797. The van der Waals surface area contributed by atoms with Crippen molar-refractivity contribution in [3.8, 4) is 5.75 Å². The number of urea groups is 1. The summed E-state index contributed by atoms with van der Waals surface area (Å²) in [5.74, 6) is 0.674. The number of amides is 2. The van der Waals surface area contributed by atoms with Gasteiger partial charge in [0.15, 0.2) is 0 Å². The summed E-state index contributed by atoms with van der Waals surface area (Å²) in [6.07, 6.45) is -4.41. The van der Waals surface area contributed by atoms with E-state index in [1.54, 1.807) is 29.6 Å². The Balaban J connectivity index is 2.49. The molecule has 0 aromatic heterocycles. The Morgan fingerprint density at radius 2 is 1.89 bits per heavy atom. The molecule has 106 valence electrons. The third kappa shape index (κ3) is 5.50. The molecule has 0 saturated heterocycles. The van der Waals surface area contributed by atoms with Gasteiger partial charge in [-0.3, -0.25) is 0 Å². The van der Waals surface area contributed by atoms with Crippen LogP contribution < -0.4 is 10.1 Å². The predicted octanol–water partition coefficient (Wildman–Crippen LogP) is 2.40. The predicted molar refractivity (Wildman–Crippen MR) is 63.9 cm³/mol. The summed E-state index contributed by atoms with van der Waals surface area (Å²) in [6, 6.07) is 6.15. The van der Waals surface area contributed by atoms with Crippen molar-refractivity contribution in [1.82, 2.24) is 10.2 Å². The van der Waals surface area contributed by atoms with Gasteiger partial charge in [-0.25, -0.2) is 4.79 Å². The zero-order chi connectivity index (χ0) is 14.5. The van der Waals surface area contributed by atoms with Gasteiger partial charge in [0, 0.05) is 13.6 Å². The topological polar surface area (TPSA) is 41.6 Å². The number of carbonyl (C=O) groups is 1. The van der Waals surface area contributed by atoms with E-state index in [1.165, 1.54) is 19.1 Å². The van der Waals surface area contributed by atoms with E-state index in [4.69, 9.17) is 4.74 Å². The highest BCUT2D eigenvalue weighted by Gasteiger charge is 2.28. The quantitative estimate of drug-likeness (QED) is 0.917. The first-order chi connectivity index (χ1) is 8.81. The fourth-order valence-corrected chi connectivity index (χ4v) is 1.39. The van der Waals surface area contributed by atoms with Gasteiger partial charge in [0.05, 0.1) is 7.11 Å². The summed E-state index contributed by atoms with van der Waals surface area (Å²) in [6.45, 7) is -1.12. The molecule has 0 radical (unpaired) electrons. The van der Waals surface area contributed by atoms with Crippen LogP contribution in [0.1, 0.15) is 5.56 Å². The van der Waals surface area contributed by atoms with Crippen molar-refractivity contribution in [3.63, 3.8) is 0 Å². The number of nitrogens with one attached hydrogen (secondary N) is 1. The summed E-state index contributed by atoms with van der Waals surface area (Å²) < 4.78 is 40.8. The number of halogens is 3. The number of hydrogen-bond acceptors (Lipinski definition) is 2. The van der Waals surface area contributed by atoms with Gasteiger partial charge < -0.3 is 15.0 Å². The number of rotatable bonds is 4. The van der Waals surface area contributed by atoms with E-state index in [-0.39, 0.29) is 6.54 Å². The molecule has 4 nitrogen and oxygen atoms in total. The largest absolute Gasteiger partial charge is 0.497 e. The van der Waals surface area contributed by atoms with E-state index in [2.05, 4.69) is 0 Å². The zero-order valence-corrected chi connectivity index (χ0v) is 10.6. The van der Waals surface area contributed by atoms with E-state index in [9.17, 15) is 18.0 Å². The van der Waals surface area contributed by atoms with Gasteiger partial charge >= 0.3 is 12.2 Å². The Morgan fingerprint density at radius 3 is 2.37 bits per heavy atom. The Morgan fingerprint density at radius 1 is 1.32 bits per heavy atom. The Kier molecular flexibility index (Phi) is 5.02. The minimum atomic E-state index is -4.41. The maximum Gasteiger partial charge on any atom is 0.405 e. The van der Waals surface area contributed by atoms with Gasteiger partial charge in [0.1, 0.15) is 12.3 Å². The molecule has 0 atom stereocenters. The van der Waals surface area contributed by atoms with E-state index in [0.717, 1.165) is 5.56 Å². The van der Waals surface area contributed by atoms with E-state index < -0.39 is 18.8 Å². The molecule has 1 rings (SSSR count). The van der Waals surface area contributed by atoms with Crippen molar-refractivity contribution in [2.75, 3.05) is 20.7 Å². The minimum absolute atomic E-state index is 0.216. The summed E-state index contributed by atoms with van der Waals surface area (Å²) in [7, 11) is 2.96. The summed E-state index contributed by atoms with van der Waals surface area (Å²) in [5, 5.41) is 1.80. The normalized spacial score (nSPS) is 11.0. The molecule has 7 heteroatoms. The van der Waals surface area contributed by atoms with Crippen LogP contribution >= 0.6 is 0 Å². The van der Waals surface area contributed by atoms with Crippen LogP contribution in [0.4, 0.5) is 18.0 Å². The van der Waals surface area contributed by atoms with Crippen molar-refractivity contribution >= 4 is 6.03 Å². The smallest absolute Gasteiger partial charge is 0.405 e. The highest BCUT2D eigenvalue weighted by Crippen LogP contribution is 2.14. The van der Waals surface area contributed by atoms with Crippen molar-refractivity contribution < 1.29 is 22.7 Å². The van der Waals surface area contributed by atoms with Crippen LogP contribution in [0.2, 0.25) is 0 Å². The molecular weight excluding hydrogens is 261 g/mol. The van der Waals surface area contributed by atoms with E-state index in [1.807, 2.05) is 0 Å². The lowest BCUT2D eigenvalue weighted by Gasteiger charge is -2.18. The van der Waals surface area contributed by atoms with E-state index >= 15 is 0 Å². The molecule has 0 aliphatic heterocycles. The number of nitrogens with zero attached hydrogens (tertiary/aromatic N) is 1. The first kappa shape index (κ1) is 15.1. The Bertz CT molecular complexity index is 418. The average molecular weight is 276 g/mol. The number of methoxy groups -OCH3 is 1. The van der Waals surface area contributed by atoms with Crippen molar-refractivity contribution in [2.24, 2.45) is 0 Å². The molecule has 0 heterocycles. The monoisotopic (exact) mass is 276 g/mol. The zero-order valence-electron chi connectivity index (χ0n) is 10.6. The Labute approximate surface area is 109 Å². The molecule has 1 aromatic rings. The van der Waals surface area contributed by atoms with Crippen LogP contribution in [0.3, 0.4) is 0 Å². The fraction of sp³-hybridized carbons (Fsp3) is 0.417. The molecule has 0 aliphatic carbocycles. The molecule has 1 aromatic carbocycles. The van der Waals surface area contributed by atoms with Gasteiger partial charge in [0.2, 0.25) is 0 Å². The summed E-state index contributed by atoms with van der Waals surface area (Å²) >= 11 is 0. The van der Waals surface area contributed by atoms with Gasteiger partial charge in [-0.05, 0) is 17.7 Å². The van der Waals surface area contributed by atoms with Crippen LogP contribution in [0.15, 0.2) is 24.3 Å². The number of ether oxygens (including phenoxy) is 1. The molecular formula is C12H15F3N2O2. The van der Waals surface area contributed by atoms with Crippen molar-refractivity contribution in [2.45, 2.75) is 12.7 Å². The van der Waals surface area contributed by atoms with Crippen LogP contribution in [-0.4, -0.2) is 37.8 Å². The lowest BCUT2D eigenvalue weighted by Crippen LogP contribution is -2.41. The lowest BCUT2D eigenvalue weighted by molar-refractivity contribution is -0.123. The molecule has 0 saturated carbocycles. The number of hydrogen-bond donors (Lipinski definition) is 1. The minimum Gasteiger partial charge on any atom is -0.497 e. The van der Waals surface area contributed by atoms with Crippen LogP contribution in [0.25, 0.3) is 0 Å². The molecule has 0 fully saturated rings. The van der Waals surface area contributed by atoms with Crippen LogP contribution in [0.5, 0.6) is 5.75 Å². The number of benzene rings is 1. The second-order valence-corrected chi connectivity index (χ2v) is 3.98. The Hall–Kier alpha value is -1.92. The molecule has 0 aliphatic rings. The van der Waals surface area contributed by atoms with Gasteiger partial charge in [0.25, 0.3) is 0 Å². The molecule has 19 heavy (non-hydrogen) atoms. The lowest BCUT2D eigenvalue weighted by atomic mass is 10.2. The fourth-order valence-electron chi connectivity index (χ4n) is 1.39. The first-order valence-electron chi connectivity index (χ1n) is 5.50. The second-order valence-electron chi connectivity index (χ2n) is 3.98. The highest BCUT2D eigenvalue weighted by molar-refractivity contribution is 5.73. The summed E-state index contributed by atoms with van der Waals surface area (Å²) in [4.78, 5) is 12.6. The van der Waals surface area contributed by atoms with Crippen LogP contribution in [0, 0.1) is 0 Å². The third-order valence-electron chi connectivity index (χ3n) is 2.37.